The van der Waals surface area contributed by atoms with Gasteiger partial charge in [-0.1, -0.05) is 42.1 Å². The number of amides is 1. The summed E-state index contributed by atoms with van der Waals surface area (Å²) < 4.78 is 0. The van der Waals surface area contributed by atoms with Crippen LogP contribution in [0.3, 0.4) is 0 Å². The molecule has 2 heterocycles. The third kappa shape index (κ3) is 3.18. The first-order valence-electron chi connectivity index (χ1n) is 9.44. The van der Waals surface area contributed by atoms with Gasteiger partial charge in [0.15, 0.2) is 0 Å². The van der Waals surface area contributed by atoms with E-state index in [4.69, 9.17) is 0 Å². The Labute approximate surface area is 170 Å². The van der Waals surface area contributed by atoms with Gasteiger partial charge in [-0.05, 0) is 55.2 Å². The molecule has 2 aliphatic rings. The van der Waals surface area contributed by atoms with Gasteiger partial charge in [0, 0.05) is 18.0 Å². The van der Waals surface area contributed by atoms with Crippen molar-refractivity contribution in [3.63, 3.8) is 0 Å². The number of allylic oxidation sites excluding steroid dienone is 1. The Kier molecular flexibility index (Phi) is 4.91. The van der Waals surface area contributed by atoms with Crippen molar-refractivity contribution in [2.75, 3.05) is 17.4 Å². The summed E-state index contributed by atoms with van der Waals surface area (Å²) in [4.78, 5) is 17.0. The summed E-state index contributed by atoms with van der Waals surface area (Å²) in [6.45, 7) is 6.74. The van der Waals surface area contributed by atoms with Crippen molar-refractivity contribution in [3.05, 3.63) is 75.3 Å². The van der Waals surface area contributed by atoms with Crippen LogP contribution in [0.4, 0.5) is 5.69 Å². The van der Waals surface area contributed by atoms with E-state index in [-0.39, 0.29) is 11.8 Å². The van der Waals surface area contributed by atoms with E-state index in [1.807, 2.05) is 31.2 Å². The van der Waals surface area contributed by atoms with E-state index in [0.717, 1.165) is 33.3 Å². The molecule has 0 aliphatic carbocycles. The van der Waals surface area contributed by atoms with Crippen LogP contribution in [0.15, 0.2) is 53.1 Å². The second kappa shape index (κ2) is 7.37. The zero-order valence-corrected chi connectivity index (χ0v) is 17.2. The number of anilines is 1. The van der Waals surface area contributed by atoms with Crippen LogP contribution in [0.2, 0.25) is 0 Å². The molecule has 142 valence electrons. The molecule has 0 unspecified atom stereocenters. The number of thioether (sulfide) groups is 1. The number of aryl methyl sites for hydroxylation is 3. The maximum Gasteiger partial charge on any atom is 0.229 e. The Hall–Kier alpha value is -2.71. The Morgan fingerprint density at radius 3 is 2.57 bits per heavy atom. The normalized spacial score (nSPS) is 19.5. The number of hydrogen-bond donors (Lipinski definition) is 0. The van der Waals surface area contributed by atoms with Gasteiger partial charge >= 0.3 is 0 Å². The lowest BCUT2D eigenvalue weighted by molar-refractivity contribution is -0.129. The zero-order chi connectivity index (χ0) is 19.8. The number of carbonyl (C=O) groups excluding carboxylic acids is 1. The van der Waals surface area contributed by atoms with Crippen molar-refractivity contribution < 1.29 is 4.79 Å². The van der Waals surface area contributed by atoms with Gasteiger partial charge < -0.3 is 4.90 Å². The molecule has 5 heteroatoms. The summed E-state index contributed by atoms with van der Waals surface area (Å²) in [5, 5.41) is 10.7. The lowest BCUT2D eigenvalue weighted by atomic mass is 9.84. The van der Waals surface area contributed by atoms with Crippen molar-refractivity contribution in [2.24, 2.45) is 0 Å². The molecule has 4 rings (SSSR count). The summed E-state index contributed by atoms with van der Waals surface area (Å²) >= 11 is 1.59. The molecule has 2 aromatic carbocycles. The van der Waals surface area contributed by atoms with Crippen LogP contribution < -0.4 is 4.90 Å². The minimum Gasteiger partial charge on any atom is -0.344 e. The molecule has 0 N–H and O–H groups in total. The number of nitrogens with zero attached hydrogens (tertiary/aromatic N) is 3. The van der Waals surface area contributed by atoms with Crippen molar-refractivity contribution >= 4 is 23.4 Å². The molecule has 0 bridgehead atoms. The summed E-state index contributed by atoms with van der Waals surface area (Å²) in [5.41, 5.74) is 6.54. The predicted octanol–water partition coefficient (Wildman–Crippen LogP) is 4.83. The number of fused-ring (bicyclic) bond motifs is 1. The van der Waals surface area contributed by atoms with Gasteiger partial charge in [0.2, 0.25) is 5.91 Å². The Morgan fingerprint density at radius 2 is 1.86 bits per heavy atom. The topological polar surface area (TPSA) is 47.3 Å². The van der Waals surface area contributed by atoms with E-state index in [1.54, 1.807) is 16.7 Å². The lowest BCUT2D eigenvalue weighted by Gasteiger charge is -2.42. The van der Waals surface area contributed by atoms with Gasteiger partial charge in [0.05, 0.1) is 29.2 Å². The third-order valence-electron chi connectivity index (χ3n) is 5.71. The first-order chi connectivity index (χ1) is 13.5. The Morgan fingerprint density at radius 1 is 1.07 bits per heavy atom. The molecule has 0 radical (unpaired) electrons. The maximum absolute atomic E-state index is 13.0. The molecule has 4 nitrogen and oxygen atoms in total. The van der Waals surface area contributed by atoms with Gasteiger partial charge in [0.25, 0.3) is 0 Å². The summed E-state index contributed by atoms with van der Waals surface area (Å²) in [7, 11) is 0. The molecule has 0 spiro atoms. The van der Waals surface area contributed by atoms with Crippen LogP contribution in [0.1, 0.15) is 34.6 Å². The smallest absolute Gasteiger partial charge is 0.229 e. The first-order valence-corrected chi connectivity index (χ1v) is 10.4. The van der Waals surface area contributed by atoms with Crippen LogP contribution in [-0.2, 0) is 4.79 Å². The van der Waals surface area contributed by atoms with E-state index < -0.39 is 0 Å². The lowest BCUT2D eigenvalue weighted by Crippen LogP contribution is -2.47. The van der Waals surface area contributed by atoms with E-state index >= 15 is 0 Å². The highest BCUT2D eigenvalue weighted by Crippen LogP contribution is 2.43. The average Bonchev–Trinajstić information content (AvgIpc) is 2.70. The molecule has 1 amide bonds. The molecule has 1 saturated heterocycles. The highest BCUT2D eigenvalue weighted by Gasteiger charge is 2.38. The minimum atomic E-state index is -0.148. The summed E-state index contributed by atoms with van der Waals surface area (Å²) in [6, 6.07) is 16.9. The fraction of sp³-hybridized carbons (Fsp3) is 0.304. The maximum atomic E-state index is 13.0. The van der Waals surface area contributed by atoms with E-state index in [9.17, 15) is 10.1 Å². The molecule has 1 fully saturated rings. The van der Waals surface area contributed by atoms with Crippen LogP contribution in [0.25, 0.3) is 0 Å². The third-order valence-corrected chi connectivity index (χ3v) is 6.87. The fourth-order valence-corrected chi connectivity index (χ4v) is 5.06. The molecule has 28 heavy (non-hydrogen) atoms. The van der Waals surface area contributed by atoms with E-state index in [1.165, 1.54) is 11.1 Å². The standard InChI is InChI=1S/C23H23N3OS/c1-15-8-9-18(10-17(15)3)25-13-26-22(27)11-20(19-7-5-4-6-16(19)2)21(12-24)23(26)28-14-25/h4-10,20H,11,13-14H2,1-3H3/t20-/m0/s1. The van der Waals surface area contributed by atoms with Gasteiger partial charge in [-0.25, -0.2) is 0 Å². The first kappa shape index (κ1) is 18.6. The molecule has 2 aromatic rings. The van der Waals surface area contributed by atoms with Gasteiger partial charge in [0.1, 0.15) is 0 Å². The van der Waals surface area contributed by atoms with Gasteiger partial charge in [-0.3, -0.25) is 9.69 Å². The van der Waals surface area contributed by atoms with Crippen LogP contribution in [0, 0.1) is 32.1 Å². The fourth-order valence-electron chi connectivity index (χ4n) is 3.89. The van der Waals surface area contributed by atoms with Crippen LogP contribution in [-0.4, -0.2) is 23.4 Å². The molecular weight excluding hydrogens is 366 g/mol. The number of nitriles is 1. The van der Waals surface area contributed by atoms with Gasteiger partial charge in [-0.2, -0.15) is 5.26 Å². The SMILES string of the molecule is Cc1ccc(N2CSC3=C(C#N)[C@H](c4ccccc4C)CC(=O)N3C2)cc1C. The van der Waals surface area contributed by atoms with Crippen LogP contribution in [0.5, 0.6) is 0 Å². The molecule has 0 aromatic heterocycles. The second-order valence-electron chi connectivity index (χ2n) is 7.49. The second-order valence-corrected chi connectivity index (χ2v) is 8.42. The molecular formula is C23H23N3OS. The Balaban J connectivity index is 1.68. The number of benzene rings is 2. The summed E-state index contributed by atoms with van der Waals surface area (Å²) in [6.07, 6.45) is 0.346. The molecule has 1 atom stereocenters. The van der Waals surface area contributed by atoms with Crippen molar-refractivity contribution in [1.29, 1.82) is 5.26 Å². The summed E-state index contributed by atoms with van der Waals surface area (Å²) in [5.74, 6) is 0.668. The minimum absolute atomic E-state index is 0.0864. The molecule has 2 aliphatic heterocycles. The van der Waals surface area contributed by atoms with Crippen molar-refractivity contribution in [2.45, 2.75) is 33.1 Å². The zero-order valence-electron chi connectivity index (χ0n) is 16.4. The van der Waals surface area contributed by atoms with Crippen molar-refractivity contribution in [3.8, 4) is 6.07 Å². The van der Waals surface area contributed by atoms with Gasteiger partial charge in [-0.15, -0.1) is 0 Å². The van der Waals surface area contributed by atoms with E-state index in [0.29, 0.717) is 13.1 Å². The highest BCUT2D eigenvalue weighted by molar-refractivity contribution is 8.03. The average molecular weight is 390 g/mol. The number of rotatable bonds is 2. The monoisotopic (exact) mass is 389 g/mol. The highest BCUT2D eigenvalue weighted by atomic mass is 32.2. The largest absolute Gasteiger partial charge is 0.344 e. The molecule has 0 saturated carbocycles. The van der Waals surface area contributed by atoms with Crippen molar-refractivity contribution in [1.82, 2.24) is 4.90 Å². The number of hydrogen-bond acceptors (Lipinski definition) is 4. The Bertz CT molecular complexity index is 1020. The van der Waals surface area contributed by atoms with E-state index in [2.05, 4.69) is 43.0 Å². The van der Waals surface area contributed by atoms with Crippen LogP contribution >= 0.6 is 11.8 Å². The quantitative estimate of drug-likeness (QED) is 0.738. The number of carbonyl (C=O) groups is 1. The predicted molar refractivity (Wildman–Crippen MR) is 114 cm³/mol.